The zero-order valence-corrected chi connectivity index (χ0v) is 18.9. The lowest BCUT2D eigenvalue weighted by Gasteiger charge is -2.23. The van der Waals surface area contributed by atoms with Gasteiger partial charge >= 0.3 is 0 Å². The van der Waals surface area contributed by atoms with Crippen molar-refractivity contribution in [1.29, 1.82) is 0 Å². The molecule has 5 heteroatoms. The van der Waals surface area contributed by atoms with Crippen molar-refractivity contribution in [3.63, 3.8) is 0 Å². The fourth-order valence-corrected chi connectivity index (χ4v) is 5.43. The average Bonchev–Trinajstić information content (AvgIpc) is 3.31. The summed E-state index contributed by atoms with van der Waals surface area (Å²) in [5, 5.41) is 14.6. The van der Waals surface area contributed by atoms with Gasteiger partial charge in [-0.05, 0) is 85.2 Å². The van der Waals surface area contributed by atoms with Gasteiger partial charge < -0.3 is 15.0 Å². The van der Waals surface area contributed by atoms with Crippen LogP contribution in [0.5, 0.6) is 0 Å². The number of carbonyl (C=O) groups excluding carboxylic acids is 1. The van der Waals surface area contributed by atoms with Gasteiger partial charge in [0.2, 0.25) is 5.91 Å². The normalized spacial score (nSPS) is 19.0. The van der Waals surface area contributed by atoms with E-state index in [4.69, 9.17) is 11.6 Å². The molecule has 5 rings (SSSR count). The van der Waals surface area contributed by atoms with Crippen molar-refractivity contribution in [3.05, 3.63) is 70.4 Å². The third-order valence-electron chi connectivity index (χ3n) is 6.85. The Balaban J connectivity index is 1.36. The molecule has 2 aliphatic rings. The predicted molar refractivity (Wildman–Crippen MR) is 131 cm³/mol. The molecule has 0 aliphatic heterocycles. The Hall–Kier alpha value is -2.56. The molecule has 0 radical (unpaired) electrons. The van der Waals surface area contributed by atoms with E-state index in [9.17, 15) is 9.90 Å². The first-order valence-electron chi connectivity index (χ1n) is 11.6. The number of fused-ring (bicyclic) bond motifs is 2. The standard InChI is InChI=1S/C27H29ClN2O2/c28-22-7-10-26-21(12-22)14-24(30(26)17-18-4-2-1-3-5-18)9-11-27(32)29-23-8-6-19-15-25(31)16-20(19)13-23/h6-14,18,25,31H,1-5,15-17H2,(H,29,32)/b11-9+. The molecule has 1 unspecified atom stereocenters. The van der Waals surface area contributed by atoms with Crippen molar-refractivity contribution in [1.82, 2.24) is 4.57 Å². The Bertz CT molecular complexity index is 1170. The summed E-state index contributed by atoms with van der Waals surface area (Å²) in [6.45, 7) is 0.972. The number of nitrogens with zero attached hydrogens (tertiary/aromatic N) is 1. The lowest BCUT2D eigenvalue weighted by atomic mass is 9.89. The van der Waals surface area contributed by atoms with Crippen LogP contribution in [0, 0.1) is 5.92 Å². The maximum absolute atomic E-state index is 12.6. The van der Waals surface area contributed by atoms with E-state index < -0.39 is 0 Å². The van der Waals surface area contributed by atoms with Gasteiger partial charge in [-0.2, -0.15) is 0 Å². The molecule has 1 atom stereocenters. The van der Waals surface area contributed by atoms with Gasteiger partial charge in [0.25, 0.3) is 0 Å². The molecular weight excluding hydrogens is 420 g/mol. The minimum Gasteiger partial charge on any atom is -0.392 e. The maximum Gasteiger partial charge on any atom is 0.248 e. The Morgan fingerprint density at radius 2 is 1.88 bits per heavy atom. The summed E-state index contributed by atoms with van der Waals surface area (Å²) in [5.41, 5.74) is 5.24. The van der Waals surface area contributed by atoms with Gasteiger partial charge in [0.1, 0.15) is 0 Å². The quantitative estimate of drug-likeness (QED) is 0.471. The number of hydrogen-bond donors (Lipinski definition) is 2. The highest BCUT2D eigenvalue weighted by molar-refractivity contribution is 6.31. The first kappa shape index (κ1) is 21.3. The maximum atomic E-state index is 12.6. The van der Waals surface area contributed by atoms with E-state index in [0.29, 0.717) is 18.8 Å². The van der Waals surface area contributed by atoms with Gasteiger partial charge in [-0.1, -0.05) is 36.9 Å². The zero-order chi connectivity index (χ0) is 22.1. The number of amides is 1. The van der Waals surface area contributed by atoms with Crippen LogP contribution < -0.4 is 5.32 Å². The molecule has 2 aliphatic carbocycles. The fourth-order valence-electron chi connectivity index (χ4n) is 5.25. The Labute approximate surface area is 193 Å². The number of aromatic nitrogens is 1. The number of halogens is 1. The summed E-state index contributed by atoms with van der Waals surface area (Å²) in [4.78, 5) is 12.6. The van der Waals surface area contributed by atoms with E-state index in [1.807, 2.05) is 36.4 Å². The summed E-state index contributed by atoms with van der Waals surface area (Å²) in [6, 6.07) is 14.0. The van der Waals surface area contributed by atoms with Crippen LogP contribution in [-0.4, -0.2) is 21.7 Å². The number of benzene rings is 2. The fraction of sp³-hybridized carbons (Fsp3) is 0.370. The molecule has 0 saturated heterocycles. The van der Waals surface area contributed by atoms with Crippen molar-refractivity contribution < 1.29 is 9.90 Å². The molecule has 1 amide bonds. The van der Waals surface area contributed by atoms with Gasteiger partial charge in [0.15, 0.2) is 0 Å². The second-order valence-electron chi connectivity index (χ2n) is 9.26. The van der Waals surface area contributed by atoms with E-state index in [1.165, 1.54) is 32.1 Å². The SMILES string of the molecule is O=C(/C=C/c1cc2cc(Cl)ccc2n1CC1CCCCC1)Nc1ccc2c(c1)CC(O)C2. The van der Waals surface area contributed by atoms with Crippen LogP contribution in [0.15, 0.2) is 48.5 Å². The minimum absolute atomic E-state index is 0.156. The zero-order valence-electron chi connectivity index (χ0n) is 18.2. The number of aliphatic hydroxyl groups excluding tert-OH is 1. The molecule has 2 aromatic carbocycles. The first-order valence-corrected chi connectivity index (χ1v) is 12.0. The van der Waals surface area contributed by atoms with Crippen molar-refractivity contribution >= 4 is 40.2 Å². The largest absolute Gasteiger partial charge is 0.392 e. The van der Waals surface area contributed by atoms with Crippen molar-refractivity contribution in [2.75, 3.05) is 5.32 Å². The van der Waals surface area contributed by atoms with Crippen molar-refractivity contribution in [2.45, 2.75) is 57.6 Å². The predicted octanol–water partition coefficient (Wildman–Crippen LogP) is 5.99. The van der Waals surface area contributed by atoms with Crippen LogP contribution in [0.2, 0.25) is 5.02 Å². The van der Waals surface area contributed by atoms with Gasteiger partial charge in [-0.15, -0.1) is 0 Å². The monoisotopic (exact) mass is 448 g/mol. The molecule has 0 spiro atoms. The summed E-state index contributed by atoms with van der Waals surface area (Å²) in [6.07, 6.45) is 11.0. The van der Waals surface area contributed by atoms with Gasteiger partial charge in [0.05, 0.1) is 6.10 Å². The Morgan fingerprint density at radius 3 is 2.72 bits per heavy atom. The van der Waals surface area contributed by atoms with Gasteiger partial charge in [0, 0.05) is 39.9 Å². The summed E-state index contributed by atoms with van der Waals surface area (Å²) < 4.78 is 2.34. The average molecular weight is 449 g/mol. The molecule has 2 N–H and O–H groups in total. The number of nitrogens with one attached hydrogen (secondary N) is 1. The number of carbonyl (C=O) groups is 1. The Kier molecular flexibility index (Phi) is 6.07. The van der Waals surface area contributed by atoms with E-state index in [2.05, 4.69) is 22.0 Å². The number of rotatable bonds is 5. The Morgan fingerprint density at radius 1 is 1.06 bits per heavy atom. The molecule has 166 valence electrons. The van der Waals surface area contributed by atoms with Gasteiger partial charge in [-0.3, -0.25) is 4.79 Å². The van der Waals surface area contributed by atoms with E-state index in [1.54, 1.807) is 6.08 Å². The van der Waals surface area contributed by atoms with Crippen molar-refractivity contribution in [2.24, 2.45) is 5.92 Å². The molecule has 1 saturated carbocycles. The number of aliphatic hydroxyl groups is 1. The number of hydrogen-bond acceptors (Lipinski definition) is 2. The molecule has 32 heavy (non-hydrogen) atoms. The molecular formula is C27H29ClN2O2. The highest BCUT2D eigenvalue weighted by Crippen LogP contribution is 2.30. The second kappa shape index (κ2) is 9.13. The minimum atomic E-state index is -0.310. The highest BCUT2D eigenvalue weighted by Gasteiger charge is 2.20. The molecule has 3 aromatic rings. The number of anilines is 1. The smallest absolute Gasteiger partial charge is 0.248 e. The first-order chi connectivity index (χ1) is 15.5. The van der Waals surface area contributed by atoms with Crippen LogP contribution in [0.3, 0.4) is 0 Å². The third kappa shape index (κ3) is 4.62. The van der Waals surface area contributed by atoms with Crippen LogP contribution in [0.25, 0.3) is 17.0 Å². The van der Waals surface area contributed by atoms with Crippen LogP contribution in [0.1, 0.15) is 48.9 Å². The second-order valence-corrected chi connectivity index (χ2v) is 9.69. The summed E-state index contributed by atoms with van der Waals surface area (Å²) in [7, 11) is 0. The highest BCUT2D eigenvalue weighted by atomic mass is 35.5. The third-order valence-corrected chi connectivity index (χ3v) is 7.09. The van der Waals surface area contributed by atoms with E-state index in [-0.39, 0.29) is 12.0 Å². The van der Waals surface area contributed by atoms with Crippen LogP contribution in [-0.2, 0) is 24.2 Å². The topological polar surface area (TPSA) is 54.3 Å². The van der Waals surface area contributed by atoms with Crippen LogP contribution >= 0.6 is 11.6 Å². The van der Waals surface area contributed by atoms with E-state index in [0.717, 1.165) is 45.0 Å². The van der Waals surface area contributed by atoms with Gasteiger partial charge in [-0.25, -0.2) is 0 Å². The molecule has 0 bridgehead atoms. The summed E-state index contributed by atoms with van der Waals surface area (Å²) >= 11 is 6.23. The van der Waals surface area contributed by atoms with Crippen molar-refractivity contribution in [3.8, 4) is 0 Å². The molecule has 1 heterocycles. The molecule has 1 fully saturated rings. The lowest BCUT2D eigenvalue weighted by Crippen LogP contribution is -2.15. The van der Waals surface area contributed by atoms with Crippen LogP contribution in [0.4, 0.5) is 5.69 Å². The summed E-state index contributed by atoms with van der Waals surface area (Å²) in [5.74, 6) is 0.522. The van der Waals surface area contributed by atoms with E-state index >= 15 is 0 Å². The molecule has 1 aromatic heterocycles. The lowest BCUT2D eigenvalue weighted by molar-refractivity contribution is -0.111. The molecule has 4 nitrogen and oxygen atoms in total.